The van der Waals surface area contributed by atoms with Gasteiger partial charge in [-0.15, -0.1) is 0 Å². The van der Waals surface area contributed by atoms with Crippen LogP contribution in [0.15, 0.2) is 21.9 Å². The molecule has 1 aromatic rings. The molecule has 11 heteroatoms. The third-order valence-electron chi connectivity index (χ3n) is 2.11. The number of hydrogen-bond donors (Lipinski definition) is 3. The molecule has 1 aromatic heterocycles. The molecule has 0 saturated carbocycles. The summed E-state index contributed by atoms with van der Waals surface area (Å²) in [5.74, 6) is 0. The van der Waals surface area contributed by atoms with Crippen LogP contribution in [0.25, 0.3) is 0 Å². The fourth-order valence-corrected chi connectivity index (χ4v) is 1.45. The molecular weight excluding hydrogens is 343 g/mol. The minimum Gasteiger partial charge on any atom is -0.379 e. The highest BCUT2D eigenvalue weighted by molar-refractivity contribution is 7.44. The second-order valence-corrected chi connectivity index (χ2v) is 4.79. The van der Waals surface area contributed by atoms with Crippen LogP contribution in [0.4, 0.5) is 0 Å². The molecule has 0 aliphatic heterocycles. The van der Waals surface area contributed by atoms with Crippen LogP contribution in [-0.4, -0.2) is 59.9 Å². The Morgan fingerprint density at radius 3 is 2.25 bits per heavy atom. The molecule has 0 aromatic carbocycles. The Hall–Kier alpha value is -1.13. The molecule has 1 rings (SSSR count). The Labute approximate surface area is 141 Å². The molecule has 1 heterocycles. The van der Waals surface area contributed by atoms with Crippen LogP contribution >= 0.6 is 8.38 Å². The van der Waals surface area contributed by atoms with E-state index in [-0.39, 0.29) is 19.7 Å². The zero-order valence-electron chi connectivity index (χ0n) is 14.6. The van der Waals surface area contributed by atoms with Crippen LogP contribution in [-0.2, 0) is 25.7 Å². The first-order valence-electron chi connectivity index (χ1n) is 7.01. The summed E-state index contributed by atoms with van der Waals surface area (Å²) >= 11 is 0. The SMILES string of the molecule is CC.COCC(OC)OCP(O)O.COCn1ccc(=O)[nH]c1=O. The molecule has 0 aliphatic rings. The fraction of sp³-hybridized carbons (Fsp3) is 0.692. The molecule has 0 saturated heterocycles. The van der Waals surface area contributed by atoms with Crippen molar-refractivity contribution in [3.63, 3.8) is 0 Å². The van der Waals surface area contributed by atoms with E-state index < -0.39 is 25.9 Å². The highest BCUT2D eigenvalue weighted by Crippen LogP contribution is 2.22. The van der Waals surface area contributed by atoms with Crippen LogP contribution in [0, 0.1) is 0 Å². The summed E-state index contributed by atoms with van der Waals surface area (Å²) in [6.07, 6.45) is 0.742. The van der Waals surface area contributed by atoms with E-state index in [4.69, 9.17) is 24.0 Å². The van der Waals surface area contributed by atoms with Crippen molar-refractivity contribution in [3.8, 4) is 0 Å². The van der Waals surface area contributed by atoms with E-state index in [0.717, 1.165) is 0 Å². The van der Waals surface area contributed by atoms with Gasteiger partial charge in [-0.2, -0.15) is 0 Å². The largest absolute Gasteiger partial charge is 0.379 e. The monoisotopic (exact) mass is 370 g/mol. The lowest BCUT2D eigenvalue weighted by molar-refractivity contribution is -0.141. The third kappa shape index (κ3) is 13.3. The number of aromatic nitrogens is 2. The van der Waals surface area contributed by atoms with Crippen LogP contribution in [0.1, 0.15) is 13.8 Å². The van der Waals surface area contributed by atoms with E-state index in [1.807, 2.05) is 13.8 Å². The number of nitrogens with zero attached hydrogens (tertiary/aromatic N) is 1. The summed E-state index contributed by atoms with van der Waals surface area (Å²) in [6.45, 7) is 4.43. The Bertz CT molecular complexity index is 505. The van der Waals surface area contributed by atoms with Crippen molar-refractivity contribution in [2.75, 3.05) is 34.3 Å². The van der Waals surface area contributed by atoms with Gasteiger partial charge in [-0.1, -0.05) is 13.8 Å². The van der Waals surface area contributed by atoms with E-state index in [0.29, 0.717) is 0 Å². The summed E-state index contributed by atoms with van der Waals surface area (Å²) in [7, 11) is 2.43. The Kier molecular flexibility index (Phi) is 17.5. The molecule has 1 unspecified atom stereocenters. The highest BCUT2D eigenvalue weighted by atomic mass is 31.2. The van der Waals surface area contributed by atoms with Crippen molar-refractivity contribution >= 4 is 8.38 Å². The number of methoxy groups -OCH3 is 3. The quantitative estimate of drug-likeness (QED) is 0.432. The van der Waals surface area contributed by atoms with Gasteiger partial charge in [0.2, 0.25) is 0 Å². The molecule has 0 bridgehead atoms. The molecule has 142 valence electrons. The van der Waals surface area contributed by atoms with Gasteiger partial charge in [-0.25, -0.2) is 4.79 Å². The van der Waals surface area contributed by atoms with Gasteiger partial charge in [-0.05, 0) is 0 Å². The maximum atomic E-state index is 10.9. The lowest BCUT2D eigenvalue weighted by Crippen LogP contribution is -2.28. The summed E-state index contributed by atoms with van der Waals surface area (Å²) in [4.78, 5) is 40.4. The van der Waals surface area contributed by atoms with Gasteiger partial charge >= 0.3 is 5.69 Å². The highest BCUT2D eigenvalue weighted by Gasteiger charge is 2.08. The molecular formula is C13H27N2O8P. The number of aromatic amines is 1. The number of ether oxygens (including phenoxy) is 4. The molecule has 24 heavy (non-hydrogen) atoms. The topological polar surface area (TPSA) is 132 Å². The summed E-state index contributed by atoms with van der Waals surface area (Å²) in [6, 6.07) is 1.26. The van der Waals surface area contributed by atoms with Crippen molar-refractivity contribution in [3.05, 3.63) is 33.1 Å². The van der Waals surface area contributed by atoms with Gasteiger partial charge in [0, 0.05) is 33.6 Å². The maximum Gasteiger partial charge on any atom is 0.330 e. The number of hydrogen-bond acceptors (Lipinski definition) is 8. The summed E-state index contributed by atoms with van der Waals surface area (Å²) in [5.41, 5.74) is -0.860. The molecule has 0 radical (unpaired) electrons. The number of nitrogens with one attached hydrogen (secondary N) is 1. The standard InChI is InChI=1S/C6H8N2O3.C5H13O5P.C2H6/c1-11-4-8-3-2-5(9)7-6(8)10;1-8-3-5(9-2)10-4-11(6)7;1-2/h2-3H,4H2,1H3,(H,7,9,10);5-7H,3-4H2,1-2H3;1-2H3. The maximum absolute atomic E-state index is 10.9. The summed E-state index contributed by atoms with van der Waals surface area (Å²) < 4.78 is 20.3. The first-order chi connectivity index (χ1) is 11.4. The van der Waals surface area contributed by atoms with Crippen LogP contribution in [0.3, 0.4) is 0 Å². The van der Waals surface area contributed by atoms with E-state index in [1.165, 1.54) is 38.2 Å². The lowest BCUT2D eigenvalue weighted by Gasteiger charge is -2.14. The molecule has 0 fully saturated rings. The second kappa shape index (κ2) is 16.7. The Balaban J connectivity index is 0. The average molecular weight is 370 g/mol. The molecule has 1 atom stereocenters. The van der Waals surface area contributed by atoms with Crippen LogP contribution in [0.2, 0.25) is 0 Å². The predicted octanol–water partition coefficient (Wildman–Crippen LogP) is 0.0426. The number of rotatable bonds is 8. The van der Waals surface area contributed by atoms with Crippen molar-refractivity contribution in [2.24, 2.45) is 0 Å². The van der Waals surface area contributed by atoms with Gasteiger partial charge in [0.15, 0.2) is 14.7 Å². The van der Waals surface area contributed by atoms with Gasteiger partial charge < -0.3 is 28.7 Å². The lowest BCUT2D eigenvalue weighted by atomic mass is 10.6. The van der Waals surface area contributed by atoms with Crippen molar-refractivity contribution in [1.29, 1.82) is 0 Å². The van der Waals surface area contributed by atoms with Gasteiger partial charge in [0.1, 0.15) is 13.1 Å². The Morgan fingerprint density at radius 2 is 1.83 bits per heavy atom. The molecule has 0 amide bonds. The van der Waals surface area contributed by atoms with E-state index in [9.17, 15) is 9.59 Å². The minimum absolute atomic E-state index is 0.114. The Morgan fingerprint density at radius 1 is 1.21 bits per heavy atom. The molecule has 0 spiro atoms. The average Bonchev–Trinajstić information content (AvgIpc) is 2.56. The van der Waals surface area contributed by atoms with E-state index >= 15 is 0 Å². The first kappa shape index (κ1) is 25.1. The van der Waals surface area contributed by atoms with E-state index in [2.05, 4.69) is 9.72 Å². The second-order valence-electron chi connectivity index (χ2n) is 3.79. The molecule has 10 nitrogen and oxygen atoms in total. The first-order valence-corrected chi connectivity index (χ1v) is 8.45. The molecule has 3 N–H and O–H groups in total. The minimum atomic E-state index is -2.01. The van der Waals surface area contributed by atoms with Gasteiger partial charge in [0.05, 0.1) is 6.61 Å². The van der Waals surface area contributed by atoms with Crippen LogP contribution in [0.5, 0.6) is 0 Å². The predicted molar refractivity (Wildman–Crippen MR) is 89.7 cm³/mol. The van der Waals surface area contributed by atoms with Crippen molar-refractivity contribution < 1.29 is 28.7 Å². The zero-order chi connectivity index (χ0) is 19.0. The smallest absolute Gasteiger partial charge is 0.330 e. The van der Waals surface area contributed by atoms with Crippen molar-refractivity contribution in [2.45, 2.75) is 26.9 Å². The third-order valence-corrected chi connectivity index (χ3v) is 2.49. The fourth-order valence-electron chi connectivity index (χ4n) is 1.16. The van der Waals surface area contributed by atoms with Gasteiger partial charge in [-0.3, -0.25) is 14.3 Å². The van der Waals surface area contributed by atoms with Crippen molar-refractivity contribution in [1.82, 2.24) is 9.55 Å². The van der Waals surface area contributed by atoms with E-state index in [1.54, 1.807) is 0 Å². The normalized spacial score (nSPS) is 11.2. The summed E-state index contributed by atoms with van der Waals surface area (Å²) in [5, 5.41) is 0. The van der Waals surface area contributed by atoms with Gasteiger partial charge in [0.25, 0.3) is 5.56 Å². The number of H-pyrrole nitrogens is 1. The van der Waals surface area contributed by atoms with Crippen LogP contribution < -0.4 is 11.2 Å². The zero-order valence-corrected chi connectivity index (χ0v) is 15.5. The molecule has 0 aliphatic carbocycles.